The summed E-state index contributed by atoms with van der Waals surface area (Å²) in [5, 5.41) is 5.13. The molecule has 0 radical (unpaired) electrons. The Bertz CT molecular complexity index is 600. The molecule has 0 spiro atoms. The normalized spacial score (nSPS) is 10.6. The molecule has 1 heterocycles. The van der Waals surface area contributed by atoms with E-state index >= 15 is 0 Å². The van der Waals surface area contributed by atoms with Gasteiger partial charge in [0.05, 0.1) is 0 Å². The van der Waals surface area contributed by atoms with Crippen LogP contribution in [0.25, 0.3) is 0 Å². The van der Waals surface area contributed by atoms with Gasteiger partial charge in [0, 0.05) is 38.9 Å². The Labute approximate surface area is 122 Å². The van der Waals surface area contributed by atoms with Crippen molar-refractivity contribution in [3.05, 3.63) is 55.9 Å². The lowest BCUT2D eigenvalue weighted by atomic mass is 10.1. The summed E-state index contributed by atoms with van der Waals surface area (Å²) < 4.78 is 14.6. The second-order valence-electron chi connectivity index (χ2n) is 4.01. The van der Waals surface area contributed by atoms with Gasteiger partial charge in [-0.25, -0.2) is 4.39 Å². The van der Waals surface area contributed by atoms with Gasteiger partial charge in [0.15, 0.2) is 0 Å². The van der Waals surface area contributed by atoms with Gasteiger partial charge >= 0.3 is 0 Å². The zero-order chi connectivity index (χ0) is 13.8. The maximum Gasteiger partial charge on any atom is 0.248 e. The molecule has 3 N–H and O–H groups in total. The lowest BCUT2D eigenvalue weighted by Crippen LogP contribution is -2.15. The van der Waals surface area contributed by atoms with E-state index in [4.69, 9.17) is 5.73 Å². The van der Waals surface area contributed by atoms with Crippen molar-refractivity contribution in [2.45, 2.75) is 13.1 Å². The molecule has 0 aliphatic rings. The van der Waals surface area contributed by atoms with Crippen molar-refractivity contribution in [1.29, 1.82) is 0 Å². The van der Waals surface area contributed by atoms with E-state index in [9.17, 15) is 9.18 Å². The van der Waals surface area contributed by atoms with Crippen LogP contribution in [0.4, 0.5) is 4.39 Å². The third-order valence-electron chi connectivity index (χ3n) is 2.57. The molecule has 0 fully saturated rings. The van der Waals surface area contributed by atoms with Crippen LogP contribution in [0.3, 0.4) is 0 Å². The summed E-state index contributed by atoms with van der Waals surface area (Å²) in [4.78, 5) is 12.2. The van der Waals surface area contributed by atoms with Gasteiger partial charge in [-0.1, -0.05) is 0 Å². The maximum absolute atomic E-state index is 13.6. The molecule has 2 rings (SSSR count). The Hall–Kier alpha value is -1.24. The second kappa shape index (κ2) is 6.27. The number of rotatable bonds is 5. The number of nitrogens with two attached hydrogens (primary N) is 1. The molecule has 0 aliphatic heterocycles. The number of thiophene rings is 1. The van der Waals surface area contributed by atoms with Crippen LogP contribution < -0.4 is 11.1 Å². The quantitative estimate of drug-likeness (QED) is 0.877. The molecule has 100 valence electrons. The first-order valence-corrected chi connectivity index (χ1v) is 7.25. The third-order valence-corrected chi connectivity index (χ3v) is 4.26. The second-order valence-corrected chi connectivity index (χ2v) is 5.92. The zero-order valence-electron chi connectivity index (χ0n) is 9.95. The van der Waals surface area contributed by atoms with Crippen molar-refractivity contribution < 1.29 is 9.18 Å². The van der Waals surface area contributed by atoms with Crippen molar-refractivity contribution in [2.75, 3.05) is 0 Å². The van der Waals surface area contributed by atoms with E-state index in [1.807, 2.05) is 11.4 Å². The first kappa shape index (κ1) is 14.2. The largest absolute Gasteiger partial charge is 0.366 e. The van der Waals surface area contributed by atoms with E-state index in [0.29, 0.717) is 24.2 Å². The third kappa shape index (κ3) is 3.86. The molecular formula is C13H12BrFN2OS. The minimum atomic E-state index is -0.552. The summed E-state index contributed by atoms with van der Waals surface area (Å²) in [6, 6.07) is 6.14. The molecule has 0 bridgehead atoms. The standard InChI is InChI=1S/C13H12BrFN2OS/c14-10-4-11(19-7-10)6-17-5-9-3-8(13(16)18)1-2-12(9)15/h1-4,7,17H,5-6H2,(H2,16,18). The van der Waals surface area contributed by atoms with Crippen LogP contribution in [0.1, 0.15) is 20.8 Å². The van der Waals surface area contributed by atoms with E-state index in [1.165, 1.54) is 18.2 Å². The number of halogens is 2. The van der Waals surface area contributed by atoms with Crippen LogP contribution in [-0.2, 0) is 13.1 Å². The summed E-state index contributed by atoms with van der Waals surface area (Å²) in [5.74, 6) is -0.895. The Morgan fingerprint density at radius 2 is 2.16 bits per heavy atom. The average Bonchev–Trinajstić information content (AvgIpc) is 2.77. The minimum absolute atomic E-state index is 0.317. The molecule has 19 heavy (non-hydrogen) atoms. The maximum atomic E-state index is 13.6. The molecule has 1 amide bonds. The summed E-state index contributed by atoms with van der Waals surface area (Å²) in [7, 11) is 0. The van der Waals surface area contributed by atoms with Crippen molar-refractivity contribution in [3.63, 3.8) is 0 Å². The summed E-state index contributed by atoms with van der Waals surface area (Å²) in [5.41, 5.74) is 5.92. The summed E-state index contributed by atoms with van der Waals surface area (Å²) in [6.07, 6.45) is 0. The van der Waals surface area contributed by atoms with Gasteiger partial charge in [0.1, 0.15) is 5.82 Å². The average molecular weight is 343 g/mol. The Morgan fingerprint density at radius 3 is 2.79 bits per heavy atom. The summed E-state index contributed by atoms with van der Waals surface area (Å²) in [6.45, 7) is 0.999. The highest BCUT2D eigenvalue weighted by Crippen LogP contribution is 2.19. The Kier molecular flexibility index (Phi) is 4.68. The van der Waals surface area contributed by atoms with Gasteiger partial charge in [-0.3, -0.25) is 4.79 Å². The molecule has 0 saturated carbocycles. The van der Waals surface area contributed by atoms with Gasteiger partial charge in [-0.15, -0.1) is 11.3 Å². The van der Waals surface area contributed by atoms with Gasteiger partial charge < -0.3 is 11.1 Å². The molecule has 3 nitrogen and oxygen atoms in total. The van der Waals surface area contributed by atoms with Crippen molar-refractivity contribution in [1.82, 2.24) is 5.32 Å². The zero-order valence-corrected chi connectivity index (χ0v) is 12.4. The molecule has 0 unspecified atom stereocenters. The molecule has 0 aliphatic carbocycles. The van der Waals surface area contributed by atoms with Crippen LogP contribution in [-0.4, -0.2) is 5.91 Å². The van der Waals surface area contributed by atoms with Crippen LogP contribution in [0.5, 0.6) is 0 Å². The van der Waals surface area contributed by atoms with Gasteiger partial charge in [-0.05, 0) is 40.2 Å². The van der Waals surface area contributed by atoms with E-state index in [0.717, 1.165) is 9.35 Å². The summed E-state index contributed by atoms with van der Waals surface area (Å²) >= 11 is 5.00. The van der Waals surface area contributed by atoms with Crippen molar-refractivity contribution in [3.8, 4) is 0 Å². The lowest BCUT2D eigenvalue weighted by Gasteiger charge is -2.06. The number of benzene rings is 1. The van der Waals surface area contributed by atoms with Crippen molar-refractivity contribution >= 4 is 33.2 Å². The molecule has 2 aromatic rings. The SMILES string of the molecule is NC(=O)c1ccc(F)c(CNCc2cc(Br)cs2)c1. The Morgan fingerprint density at radius 1 is 1.37 bits per heavy atom. The fourth-order valence-corrected chi connectivity index (χ4v) is 3.05. The highest BCUT2D eigenvalue weighted by Gasteiger charge is 2.07. The van der Waals surface area contributed by atoms with Crippen LogP contribution in [0.2, 0.25) is 0 Å². The molecule has 0 saturated heterocycles. The fourth-order valence-electron chi connectivity index (χ4n) is 1.63. The number of amides is 1. The molecule has 1 aromatic heterocycles. The number of nitrogens with one attached hydrogen (secondary N) is 1. The Balaban J connectivity index is 1.99. The number of hydrogen-bond donors (Lipinski definition) is 2. The first-order valence-electron chi connectivity index (χ1n) is 5.58. The minimum Gasteiger partial charge on any atom is -0.366 e. The van der Waals surface area contributed by atoms with Gasteiger partial charge in [-0.2, -0.15) is 0 Å². The predicted molar refractivity (Wildman–Crippen MR) is 77.5 cm³/mol. The van der Waals surface area contributed by atoms with E-state index in [2.05, 4.69) is 21.2 Å². The monoisotopic (exact) mass is 342 g/mol. The van der Waals surface area contributed by atoms with Crippen LogP contribution in [0, 0.1) is 5.82 Å². The number of carbonyl (C=O) groups is 1. The number of primary amides is 1. The van der Waals surface area contributed by atoms with Crippen LogP contribution >= 0.6 is 27.3 Å². The van der Waals surface area contributed by atoms with Crippen LogP contribution in [0.15, 0.2) is 34.1 Å². The smallest absolute Gasteiger partial charge is 0.248 e. The molecular weight excluding hydrogens is 331 g/mol. The molecule has 1 aromatic carbocycles. The molecule has 0 atom stereocenters. The van der Waals surface area contributed by atoms with E-state index < -0.39 is 5.91 Å². The van der Waals surface area contributed by atoms with E-state index in [-0.39, 0.29) is 5.82 Å². The highest BCUT2D eigenvalue weighted by atomic mass is 79.9. The number of hydrogen-bond acceptors (Lipinski definition) is 3. The topological polar surface area (TPSA) is 55.1 Å². The van der Waals surface area contributed by atoms with E-state index in [1.54, 1.807) is 11.3 Å². The fraction of sp³-hybridized carbons (Fsp3) is 0.154. The predicted octanol–water partition coefficient (Wildman–Crippen LogP) is 3.04. The van der Waals surface area contributed by atoms with Gasteiger partial charge in [0.2, 0.25) is 5.91 Å². The first-order chi connectivity index (χ1) is 9.06. The molecule has 6 heteroatoms. The van der Waals surface area contributed by atoms with Crippen molar-refractivity contribution in [2.24, 2.45) is 5.73 Å². The number of carbonyl (C=O) groups excluding carboxylic acids is 1. The highest BCUT2D eigenvalue weighted by molar-refractivity contribution is 9.10. The lowest BCUT2D eigenvalue weighted by molar-refractivity contribution is 0.1000. The van der Waals surface area contributed by atoms with Gasteiger partial charge in [0.25, 0.3) is 0 Å².